The summed E-state index contributed by atoms with van der Waals surface area (Å²) < 4.78 is 10.7. The molecule has 108 valence electrons. The van der Waals surface area contributed by atoms with E-state index in [1.807, 2.05) is 43.3 Å². The standard InChI is InChI=1S/C18H18O3/c1-2-12-20-13-14-21-17-10-8-16(9-11-17)18(19)15-6-4-3-5-7-15/h2-12H,13-14H2,1H3. The third-order valence-electron chi connectivity index (χ3n) is 2.85. The molecule has 0 aliphatic rings. The van der Waals surface area contributed by atoms with Gasteiger partial charge in [-0.1, -0.05) is 36.4 Å². The highest BCUT2D eigenvalue weighted by molar-refractivity contribution is 6.08. The minimum Gasteiger partial charge on any atom is -0.498 e. The van der Waals surface area contributed by atoms with Crippen LogP contribution in [0.1, 0.15) is 22.8 Å². The molecule has 0 amide bonds. The number of ether oxygens (including phenoxy) is 2. The molecule has 2 rings (SSSR count). The smallest absolute Gasteiger partial charge is 0.193 e. The Labute approximate surface area is 124 Å². The number of hydrogen-bond acceptors (Lipinski definition) is 3. The molecule has 0 radical (unpaired) electrons. The molecule has 0 saturated carbocycles. The highest BCUT2D eigenvalue weighted by Crippen LogP contribution is 2.15. The zero-order valence-electron chi connectivity index (χ0n) is 12.0. The van der Waals surface area contributed by atoms with Crippen molar-refractivity contribution < 1.29 is 14.3 Å². The Kier molecular flexibility index (Phi) is 5.59. The van der Waals surface area contributed by atoms with Gasteiger partial charge in [-0.3, -0.25) is 4.79 Å². The summed E-state index contributed by atoms with van der Waals surface area (Å²) >= 11 is 0. The second kappa shape index (κ2) is 7.90. The highest BCUT2D eigenvalue weighted by atomic mass is 16.5. The van der Waals surface area contributed by atoms with Crippen LogP contribution in [0.3, 0.4) is 0 Å². The van der Waals surface area contributed by atoms with Gasteiger partial charge in [-0.05, 0) is 31.2 Å². The first-order valence-corrected chi connectivity index (χ1v) is 6.86. The van der Waals surface area contributed by atoms with Crippen LogP contribution >= 0.6 is 0 Å². The van der Waals surface area contributed by atoms with Gasteiger partial charge in [-0.25, -0.2) is 0 Å². The summed E-state index contributed by atoms with van der Waals surface area (Å²) in [7, 11) is 0. The van der Waals surface area contributed by atoms with Crippen LogP contribution in [0.2, 0.25) is 0 Å². The number of hydrogen-bond donors (Lipinski definition) is 0. The quantitative estimate of drug-likeness (QED) is 0.439. The van der Waals surface area contributed by atoms with Gasteiger partial charge in [0.2, 0.25) is 0 Å². The lowest BCUT2D eigenvalue weighted by Crippen LogP contribution is -2.05. The predicted octanol–water partition coefficient (Wildman–Crippen LogP) is 3.85. The van der Waals surface area contributed by atoms with Crippen LogP contribution in [0.4, 0.5) is 0 Å². The summed E-state index contributed by atoms with van der Waals surface area (Å²) in [6.45, 7) is 2.86. The van der Waals surface area contributed by atoms with E-state index in [-0.39, 0.29) is 5.78 Å². The van der Waals surface area contributed by atoms with Gasteiger partial charge in [0.15, 0.2) is 5.78 Å². The maximum atomic E-state index is 12.2. The number of carbonyl (C=O) groups excluding carboxylic acids is 1. The monoisotopic (exact) mass is 282 g/mol. The van der Waals surface area contributed by atoms with E-state index < -0.39 is 0 Å². The molecule has 0 heterocycles. The molecule has 0 N–H and O–H groups in total. The molecule has 0 spiro atoms. The normalized spacial score (nSPS) is 10.5. The Morgan fingerprint density at radius 1 is 0.952 bits per heavy atom. The lowest BCUT2D eigenvalue weighted by molar-refractivity contribution is 0.103. The minimum absolute atomic E-state index is 0.0126. The fourth-order valence-corrected chi connectivity index (χ4v) is 1.83. The highest BCUT2D eigenvalue weighted by Gasteiger charge is 2.08. The van der Waals surface area contributed by atoms with Gasteiger partial charge in [0.1, 0.15) is 19.0 Å². The maximum Gasteiger partial charge on any atom is 0.193 e. The number of allylic oxidation sites excluding steroid dienone is 1. The van der Waals surface area contributed by atoms with Crippen LogP contribution in [0.15, 0.2) is 66.9 Å². The predicted molar refractivity (Wildman–Crippen MR) is 82.6 cm³/mol. The molecule has 2 aromatic rings. The van der Waals surface area contributed by atoms with Crippen LogP contribution in [0.25, 0.3) is 0 Å². The SMILES string of the molecule is CC=COCCOc1ccc(C(=O)c2ccccc2)cc1. The van der Waals surface area contributed by atoms with Gasteiger partial charge in [-0.2, -0.15) is 0 Å². The fraction of sp³-hybridized carbons (Fsp3) is 0.167. The molecule has 0 aromatic heterocycles. The minimum atomic E-state index is 0.0126. The van der Waals surface area contributed by atoms with Crippen LogP contribution in [0, 0.1) is 0 Å². The molecule has 3 nitrogen and oxygen atoms in total. The molecular weight excluding hydrogens is 264 g/mol. The summed E-state index contributed by atoms with van der Waals surface area (Å²) in [4.78, 5) is 12.2. The summed E-state index contributed by atoms with van der Waals surface area (Å²) in [5.74, 6) is 0.738. The van der Waals surface area contributed by atoms with Gasteiger partial charge in [0.05, 0.1) is 6.26 Å². The van der Waals surface area contributed by atoms with Crippen molar-refractivity contribution in [3.8, 4) is 5.75 Å². The van der Waals surface area contributed by atoms with Crippen LogP contribution in [0.5, 0.6) is 5.75 Å². The van der Waals surface area contributed by atoms with Crippen LogP contribution < -0.4 is 4.74 Å². The van der Waals surface area contributed by atoms with E-state index in [4.69, 9.17) is 9.47 Å². The third-order valence-corrected chi connectivity index (χ3v) is 2.85. The van der Waals surface area contributed by atoms with E-state index >= 15 is 0 Å². The van der Waals surface area contributed by atoms with Crippen molar-refractivity contribution in [2.24, 2.45) is 0 Å². The van der Waals surface area contributed by atoms with E-state index in [1.165, 1.54) is 0 Å². The molecule has 0 atom stereocenters. The van der Waals surface area contributed by atoms with Gasteiger partial charge < -0.3 is 9.47 Å². The molecule has 2 aromatic carbocycles. The molecule has 0 aliphatic heterocycles. The van der Waals surface area contributed by atoms with E-state index in [1.54, 1.807) is 30.5 Å². The van der Waals surface area contributed by atoms with Crippen molar-refractivity contribution in [2.75, 3.05) is 13.2 Å². The van der Waals surface area contributed by atoms with Gasteiger partial charge in [-0.15, -0.1) is 0 Å². The van der Waals surface area contributed by atoms with Gasteiger partial charge >= 0.3 is 0 Å². The average Bonchev–Trinajstić information content (AvgIpc) is 2.55. The second-order valence-corrected chi connectivity index (χ2v) is 4.41. The van der Waals surface area contributed by atoms with Crippen molar-refractivity contribution in [3.05, 3.63) is 78.1 Å². The molecule has 0 saturated heterocycles. The summed E-state index contributed by atoms with van der Waals surface area (Å²) in [6, 6.07) is 16.4. The Morgan fingerprint density at radius 3 is 2.29 bits per heavy atom. The first kappa shape index (κ1) is 14.9. The van der Waals surface area contributed by atoms with E-state index in [0.29, 0.717) is 24.3 Å². The molecule has 0 unspecified atom stereocenters. The molecule has 21 heavy (non-hydrogen) atoms. The zero-order valence-corrected chi connectivity index (χ0v) is 12.0. The van der Waals surface area contributed by atoms with Crippen molar-refractivity contribution in [1.82, 2.24) is 0 Å². The maximum absolute atomic E-state index is 12.2. The second-order valence-electron chi connectivity index (χ2n) is 4.41. The molecule has 0 bridgehead atoms. The first-order valence-electron chi connectivity index (χ1n) is 6.86. The summed E-state index contributed by atoms with van der Waals surface area (Å²) in [5, 5.41) is 0. The number of ketones is 1. The Hall–Kier alpha value is -2.55. The Balaban J connectivity index is 1.91. The van der Waals surface area contributed by atoms with Crippen molar-refractivity contribution in [2.45, 2.75) is 6.92 Å². The summed E-state index contributed by atoms with van der Waals surface area (Å²) in [6.07, 6.45) is 3.45. The van der Waals surface area contributed by atoms with E-state index in [9.17, 15) is 4.79 Å². The van der Waals surface area contributed by atoms with E-state index in [0.717, 1.165) is 5.75 Å². The topological polar surface area (TPSA) is 35.5 Å². The number of rotatable bonds is 7. The summed E-state index contributed by atoms with van der Waals surface area (Å²) in [5.41, 5.74) is 1.34. The molecule has 0 fully saturated rings. The Bertz CT molecular complexity index is 586. The van der Waals surface area contributed by atoms with Crippen molar-refractivity contribution >= 4 is 5.78 Å². The van der Waals surface area contributed by atoms with E-state index in [2.05, 4.69) is 0 Å². The van der Waals surface area contributed by atoms with Crippen molar-refractivity contribution in [1.29, 1.82) is 0 Å². The van der Waals surface area contributed by atoms with Crippen LogP contribution in [-0.4, -0.2) is 19.0 Å². The van der Waals surface area contributed by atoms with Crippen molar-refractivity contribution in [3.63, 3.8) is 0 Å². The third kappa shape index (κ3) is 4.49. The van der Waals surface area contributed by atoms with Gasteiger partial charge in [0.25, 0.3) is 0 Å². The number of benzene rings is 2. The first-order chi connectivity index (χ1) is 10.3. The molecule has 0 aliphatic carbocycles. The number of carbonyl (C=O) groups is 1. The molecule has 3 heteroatoms. The molecular formula is C18H18O3. The fourth-order valence-electron chi connectivity index (χ4n) is 1.83. The average molecular weight is 282 g/mol. The zero-order chi connectivity index (χ0) is 14.9. The Morgan fingerprint density at radius 2 is 1.62 bits per heavy atom. The largest absolute Gasteiger partial charge is 0.498 e. The lowest BCUT2D eigenvalue weighted by atomic mass is 10.0. The lowest BCUT2D eigenvalue weighted by Gasteiger charge is -2.07. The van der Waals surface area contributed by atoms with Crippen LogP contribution in [-0.2, 0) is 4.74 Å². The van der Waals surface area contributed by atoms with Gasteiger partial charge in [0, 0.05) is 11.1 Å².